The van der Waals surface area contributed by atoms with E-state index >= 15 is 0 Å². The first kappa shape index (κ1) is 19.1. The molecule has 0 N–H and O–H groups in total. The van der Waals surface area contributed by atoms with E-state index in [4.69, 9.17) is 4.52 Å². The van der Waals surface area contributed by atoms with Crippen molar-refractivity contribution in [2.75, 3.05) is 27.2 Å². The van der Waals surface area contributed by atoms with Gasteiger partial charge in [-0.05, 0) is 25.8 Å². The lowest BCUT2D eigenvalue weighted by Crippen LogP contribution is -2.44. The highest BCUT2D eigenvalue weighted by atomic mass is 32.2. The molecule has 1 saturated heterocycles. The third kappa shape index (κ3) is 3.30. The molecule has 11 heteroatoms. The summed E-state index contributed by atoms with van der Waals surface area (Å²) in [5.41, 5.74) is -0.573. The summed E-state index contributed by atoms with van der Waals surface area (Å²) in [4.78, 5) is 4.00. The number of pyridine rings is 1. The number of rotatable bonds is 3. The van der Waals surface area contributed by atoms with Crippen LogP contribution < -0.4 is 0 Å². The molecule has 0 saturated carbocycles. The molecule has 3 heterocycles. The molecule has 3 rings (SSSR count). The molecule has 0 atom stereocenters. The van der Waals surface area contributed by atoms with Crippen LogP contribution >= 0.6 is 0 Å². The molecule has 7 nitrogen and oxygen atoms in total. The van der Waals surface area contributed by atoms with E-state index in [2.05, 4.69) is 10.1 Å². The average Bonchev–Trinajstić information content (AvgIpc) is 2.96. The molecule has 0 unspecified atom stereocenters. The number of hydrogen-bond donors (Lipinski definition) is 0. The molecular formula is C15H19F3N4O3S. The average molecular weight is 392 g/mol. The highest BCUT2D eigenvalue weighted by Crippen LogP contribution is 2.40. The summed E-state index contributed by atoms with van der Waals surface area (Å²) in [5.74, 6) is -0.324. The van der Waals surface area contributed by atoms with E-state index in [1.165, 1.54) is 25.3 Å². The van der Waals surface area contributed by atoms with Gasteiger partial charge < -0.3 is 4.52 Å². The molecule has 0 radical (unpaired) electrons. The molecule has 0 aromatic carbocycles. The Balaban J connectivity index is 1.94. The monoisotopic (exact) mass is 392 g/mol. The molecule has 1 aliphatic rings. The Labute approximate surface area is 148 Å². The van der Waals surface area contributed by atoms with Gasteiger partial charge in [0.15, 0.2) is 0 Å². The predicted molar refractivity (Wildman–Crippen MR) is 87.7 cm³/mol. The number of piperidine rings is 1. The second-order valence-corrected chi connectivity index (χ2v) is 8.66. The van der Waals surface area contributed by atoms with E-state index in [-0.39, 0.29) is 41.5 Å². The lowest BCUT2D eigenvalue weighted by atomic mass is 9.91. The molecule has 144 valence electrons. The third-order valence-electron chi connectivity index (χ3n) is 4.53. The lowest BCUT2D eigenvalue weighted by Gasteiger charge is -2.32. The van der Waals surface area contributed by atoms with Gasteiger partial charge in [-0.2, -0.15) is 30.2 Å². The van der Waals surface area contributed by atoms with Gasteiger partial charge in [-0.15, -0.1) is 0 Å². The molecule has 0 aliphatic carbocycles. The van der Waals surface area contributed by atoms with Gasteiger partial charge in [0.2, 0.25) is 0 Å². The molecular weight excluding hydrogens is 373 g/mol. The van der Waals surface area contributed by atoms with E-state index in [0.717, 1.165) is 10.4 Å². The number of halogens is 3. The van der Waals surface area contributed by atoms with Crippen molar-refractivity contribution in [1.29, 1.82) is 0 Å². The fraction of sp³-hybridized carbons (Fsp3) is 0.600. The highest BCUT2D eigenvalue weighted by Gasteiger charge is 2.38. The molecule has 0 amide bonds. The highest BCUT2D eigenvalue weighted by molar-refractivity contribution is 7.86. The largest absolute Gasteiger partial charge is 0.417 e. The Morgan fingerprint density at radius 3 is 2.42 bits per heavy atom. The maximum absolute atomic E-state index is 13.4. The Hall–Kier alpha value is -1.72. The third-order valence-corrected chi connectivity index (χ3v) is 6.48. The van der Waals surface area contributed by atoms with Crippen molar-refractivity contribution in [3.63, 3.8) is 0 Å². The molecule has 0 spiro atoms. The fourth-order valence-corrected chi connectivity index (χ4v) is 4.32. The zero-order valence-corrected chi connectivity index (χ0v) is 15.4. The Morgan fingerprint density at radius 2 is 1.88 bits per heavy atom. The quantitative estimate of drug-likeness (QED) is 0.802. The first-order valence-electron chi connectivity index (χ1n) is 8.03. The van der Waals surface area contributed by atoms with Crippen LogP contribution in [0.2, 0.25) is 0 Å². The molecule has 2 aromatic rings. The summed E-state index contributed by atoms with van der Waals surface area (Å²) < 4.78 is 72.2. The van der Waals surface area contributed by atoms with Crippen LogP contribution in [0.3, 0.4) is 0 Å². The Morgan fingerprint density at radius 1 is 1.27 bits per heavy atom. The van der Waals surface area contributed by atoms with Crippen LogP contribution in [0.25, 0.3) is 11.1 Å². The lowest BCUT2D eigenvalue weighted by molar-refractivity contribution is -0.136. The summed E-state index contributed by atoms with van der Waals surface area (Å²) in [7, 11) is -0.660. The van der Waals surface area contributed by atoms with Crippen LogP contribution in [0.5, 0.6) is 0 Å². The maximum atomic E-state index is 13.4. The van der Waals surface area contributed by atoms with Gasteiger partial charge in [0.25, 0.3) is 15.9 Å². The number of aromatic nitrogens is 2. The van der Waals surface area contributed by atoms with Gasteiger partial charge in [-0.25, -0.2) is 4.98 Å². The number of alkyl halides is 3. The predicted octanol–water partition coefficient (Wildman–Crippen LogP) is 2.54. The van der Waals surface area contributed by atoms with E-state index in [1.807, 2.05) is 0 Å². The van der Waals surface area contributed by atoms with Crippen LogP contribution in [-0.4, -0.2) is 54.4 Å². The number of fused-ring (bicyclic) bond motifs is 1. The standard InChI is InChI=1S/C15H19F3N4O3S/c1-9-8-11(15(16,17)18)12-13(20-25-14(12)19-9)10-4-6-22(7-5-10)26(23,24)21(2)3/h8,10H,4-7H2,1-3H3. The molecule has 0 bridgehead atoms. The number of nitrogens with zero attached hydrogens (tertiary/aromatic N) is 4. The molecule has 1 aliphatic heterocycles. The molecule has 2 aromatic heterocycles. The maximum Gasteiger partial charge on any atom is 0.417 e. The van der Waals surface area contributed by atoms with Crippen LogP contribution in [0.4, 0.5) is 13.2 Å². The first-order chi connectivity index (χ1) is 12.0. The smallest absolute Gasteiger partial charge is 0.336 e. The van der Waals surface area contributed by atoms with E-state index in [1.54, 1.807) is 0 Å². The molecule has 26 heavy (non-hydrogen) atoms. The van der Waals surface area contributed by atoms with Gasteiger partial charge in [0.1, 0.15) is 0 Å². The topological polar surface area (TPSA) is 79.5 Å². The normalized spacial score (nSPS) is 18.1. The van der Waals surface area contributed by atoms with Crippen molar-refractivity contribution in [1.82, 2.24) is 18.8 Å². The SMILES string of the molecule is Cc1cc(C(F)(F)F)c2c(C3CCN(S(=O)(=O)N(C)C)CC3)noc2n1. The number of aryl methyl sites for hydroxylation is 1. The summed E-state index contributed by atoms with van der Waals surface area (Å²) in [6, 6.07) is 0.981. The van der Waals surface area contributed by atoms with Crippen molar-refractivity contribution in [3.05, 3.63) is 23.0 Å². The minimum atomic E-state index is -4.55. The summed E-state index contributed by atoms with van der Waals surface area (Å²) >= 11 is 0. The zero-order chi connectivity index (χ0) is 19.3. The van der Waals surface area contributed by atoms with Gasteiger partial charge in [-0.3, -0.25) is 0 Å². The Kier molecular flexibility index (Phi) is 4.74. The minimum Gasteiger partial charge on any atom is -0.336 e. The van der Waals surface area contributed by atoms with Gasteiger partial charge >= 0.3 is 6.18 Å². The summed E-state index contributed by atoms with van der Waals surface area (Å²) in [6.45, 7) is 1.88. The van der Waals surface area contributed by atoms with Crippen molar-refractivity contribution in [2.24, 2.45) is 0 Å². The fourth-order valence-electron chi connectivity index (χ4n) is 3.19. The van der Waals surface area contributed by atoms with Crippen LogP contribution in [0.15, 0.2) is 10.6 Å². The van der Waals surface area contributed by atoms with Gasteiger partial charge in [0, 0.05) is 38.8 Å². The van der Waals surface area contributed by atoms with Crippen molar-refractivity contribution < 1.29 is 26.1 Å². The second-order valence-electron chi connectivity index (χ2n) is 6.52. The first-order valence-corrected chi connectivity index (χ1v) is 9.43. The van der Waals surface area contributed by atoms with E-state index in [0.29, 0.717) is 12.8 Å². The minimum absolute atomic E-state index is 0.128. The Bertz CT molecular complexity index is 916. The van der Waals surface area contributed by atoms with Crippen LogP contribution in [-0.2, 0) is 16.4 Å². The zero-order valence-electron chi connectivity index (χ0n) is 14.5. The second kappa shape index (κ2) is 6.46. The summed E-state index contributed by atoms with van der Waals surface area (Å²) in [5, 5.41) is 3.71. The van der Waals surface area contributed by atoms with Crippen LogP contribution in [0, 0.1) is 6.92 Å². The van der Waals surface area contributed by atoms with Crippen molar-refractivity contribution in [3.8, 4) is 0 Å². The van der Waals surface area contributed by atoms with E-state index in [9.17, 15) is 21.6 Å². The summed E-state index contributed by atoms with van der Waals surface area (Å²) in [6.07, 6.45) is -3.83. The number of hydrogen-bond acceptors (Lipinski definition) is 5. The van der Waals surface area contributed by atoms with E-state index < -0.39 is 21.9 Å². The molecule has 1 fully saturated rings. The van der Waals surface area contributed by atoms with Gasteiger partial charge in [-0.1, -0.05) is 5.16 Å². The van der Waals surface area contributed by atoms with Crippen LogP contribution in [0.1, 0.15) is 35.7 Å². The van der Waals surface area contributed by atoms with Crippen molar-refractivity contribution >= 4 is 21.3 Å². The van der Waals surface area contributed by atoms with Crippen molar-refractivity contribution in [2.45, 2.75) is 31.9 Å². The van der Waals surface area contributed by atoms with Gasteiger partial charge in [0.05, 0.1) is 16.6 Å².